The van der Waals surface area contributed by atoms with E-state index in [4.69, 9.17) is 9.47 Å². The van der Waals surface area contributed by atoms with E-state index in [1.54, 1.807) is 0 Å². The monoisotopic (exact) mass is 510 g/mol. The zero-order valence-electron chi connectivity index (χ0n) is 24.7. The molecule has 3 aliphatic carbocycles. The van der Waals surface area contributed by atoms with Gasteiger partial charge in [-0.15, -0.1) is 0 Å². The molecule has 3 saturated carbocycles. The van der Waals surface area contributed by atoms with Crippen molar-refractivity contribution in [3.63, 3.8) is 0 Å². The Morgan fingerprint density at radius 1 is 0.730 bits per heavy atom. The minimum atomic E-state index is -0.124. The van der Waals surface area contributed by atoms with Crippen LogP contribution in [0.5, 0.6) is 5.75 Å². The third-order valence-electron chi connectivity index (χ3n) is 10.8. The molecular weight excluding hydrogens is 452 g/mol. The summed E-state index contributed by atoms with van der Waals surface area (Å²) >= 11 is 0. The zero-order valence-corrected chi connectivity index (χ0v) is 24.7. The van der Waals surface area contributed by atoms with Crippen LogP contribution in [0, 0.1) is 23.2 Å². The molecule has 210 valence electrons. The van der Waals surface area contributed by atoms with Crippen molar-refractivity contribution < 1.29 is 9.47 Å². The van der Waals surface area contributed by atoms with Gasteiger partial charge in [0.2, 0.25) is 0 Å². The summed E-state index contributed by atoms with van der Waals surface area (Å²) in [4.78, 5) is 0. The molecule has 1 aromatic rings. The lowest BCUT2D eigenvalue weighted by Crippen LogP contribution is -2.47. The first-order valence-corrected chi connectivity index (χ1v) is 16.6. The van der Waals surface area contributed by atoms with Crippen LogP contribution in [0.2, 0.25) is 0 Å². The van der Waals surface area contributed by atoms with Crippen molar-refractivity contribution >= 4 is 0 Å². The van der Waals surface area contributed by atoms with Gasteiger partial charge in [-0.3, -0.25) is 0 Å². The van der Waals surface area contributed by atoms with Crippen molar-refractivity contribution in [2.75, 3.05) is 6.61 Å². The molecule has 0 radical (unpaired) electrons. The molecule has 37 heavy (non-hydrogen) atoms. The molecule has 3 fully saturated rings. The first-order valence-electron chi connectivity index (χ1n) is 16.6. The molecule has 0 heterocycles. The van der Waals surface area contributed by atoms with Gasteiger partial charge in [0.1, 0.15) is 5.75 Å². The van der Waals surface area contributed by atoms with Gasteiger partial charge in [-0.05, 0) is 111 Å². The van der Waals surface area contributed by atoms with Crippen LogP contribution in [0.1, 0.15) is 154 Å². The molecule has 1 aromatic carbocycles. The molecule has 0 amide bonds. The molecule has 2 nitrogen and oxygen atoms in total. The van der Waals surface area contributed by atoms with Crippen LogP contribution < -0.4 is 4.74 Å². The number of ether oxygens (including phenoxy) is 2. The Labute approximate surface area is 229 Å². The van der Waals surface area contributed by atoms with Gasteiger partial charge < -0.3 is 9.47 Å². The normalized spacial score (nSPS) is 22.6. The minimum Gasteiger partial charge on any atom is -0.465 e. The summed E-state index contributed by atoms with van der Waals surface area (Å²) in [7, 11) is 0. The second kappa shape index (κ2) is 14.9. The number of hydrogen-bond acceptors (Lipinski definition) is 2. The fraction of sp³-hybridized carbons (Fsp3) is 0.829. The second-order valence-corrected chi connectivity index (χ2v) is 12.9. The lowest BCUT2D eigenvalue weighted by atomic mass is 9.50. The summed E-state index contributed by atoms with van der Waals surface area (Å²) < 4.78 is 12.6. The van der Waals surface area contributed by atoms with Crippen LogP contribution in [0.15, 0.2) is 24.3 Å². The zero-order chi connectivity index (χ0) is 25.9. The van der Waals surface area contributed by atoms with Gasteiger partial charge in [0, 0.05) is 13.0 Å². The SMILES string of the molecule is CCOC(CCCC(C1CCCCC1)(C1CCCCC1)C1CCCCC1)Oc1ccc(C(C)CC)cc1. The largest absolute Gasteiger partial charge is 0.465 e. The van der Waals surface area contributed by atoms with Crippen molar-refractivity contribution in [2.45, 2.75) is 155 Å². The van der Waals surface area contributed by atoms with Gasteiger partial charge in [0.25, 0.3) is 0 Å². The van der Waals surface area contributed by atoms with Crippen LogP contribution >= 0.6 is 0 Å². The quantitative estimate of drug-likeness (QED) is 0.246. The summed E-state index contributed by atoms with van der Waals surface area (Å²) in [6.07, 6.45) is 27.0. The molecule has 2 unspecified atom stereocenters. The minimum absolute atomic E-state index is 0.124. The molecule has 0 aromatic heterocycles. The molecule has 2 atom stereocenters. The summed E-state index contributed by atoms with van der Waals surface area (Å²) in [5, 5.41) is 0. The Morgan fingerprint density at radius 3 is 1.65 bits per heavy atom. The van der Waals surface area contributed by atoms with Gasteiger partial charge in [-0.2, -0.15) is 0 Å². The first-order chi connectivity index (χ1) is 18.2. The van der Waals surface area contributed by atoms with E-state index in [0.717, 1.165) is 29.9 Å². The fourth-order valence-electron chi connectivity index (χ4n) is 8.73. The average molecular weight is 511 g/mol. The molecule has 0 spiro atoms. The lowest BCUT2D eigenvalue weighted by molar-refractivity contribution is -0.0918. The Hall–Kier alpha value is -1.02. The van der Waals surface area contributed by atoms with Crippen LogP contribution in [-0.4, -0.2) is 12.9 Å². The maximum absolute atomic E-state index is 6.45. The Bertz CT molecular complexity index is 691. The third-order valence-corrected chi connectivity index (χ3v) is 10.8. The van der Waals surface area contributed by atoms with Crippen LogP contribution in [-0.2, 0) is 4.74 Å². The molecule has 3 aliphatic rings. The van der Waals surface area contributed by atoms with Gasteiger partial charge in [0.15, 0.2) is 6.29 Å². The molecule has 4 rings (SSSR count). The standard InChI is InChI=1S/C35H58O2/c1-4-28(3)29-23-25-33(26-24-29)37-34(36-5-2)22-15-27-35(30-16-9-6-10-17-30,31-18-11-7-12-19-31)32-20-13-8-14-21-32/h23-26,28,30-32,34H,4-22,27H2,1-3H3. The third kappa shape index (κ3) is 7.55. The van der Waals surface area contributed by atoms with Crippen LogP contribution in [0.3, 0.4) is 0 Å². The Morgan fingerprint density at radius 2 is 1.22 bits per heavy atom. The summed E-state index contributed by atoms with van der Waals surface area (Å²) in [5.41, 5.74) is 1.98. The van der Waals surface area contributed by atoms with E-state index >= 15 is 0 Å². The van der Waals surface area contributed by atoms with Crippen LogP contribution in [0.25, 0.3) is 0 Å². The van der Waals surface area contributed by atoms with Gasteiger partial charge >= 0.3 is 0 Å². The molecule has 0 aliphatic heterocycles. The molecule has 2 heteroatoms. The fourth-order valence-corrected chi connectivity index (χ4v) is 8.73. The highest BCUT2D eigenvalue weighted by Gasteiger charge is 2.49. The maximum Gasteiger partial charge on any atom is 0.199 e. The highest BCUT2D eigenvalue weighted by molar-refractivity contribution is 5.29. The number of hydrogen-bond donors (Lipinski definition) is 0. The molecular formula is C35H58O2. The number of rotatable bonds is 13. The molecule has 0 saturated heterocycles. The molecule has 0 N–H and O–H groups in total. The van der Waals surface area contributed by atoms with E-state index in [1.165, 1.54) is 121 Å². The summed E-state index contributed by atoms with van der Waals surface area (Å²) in [6, 6.07) is 8.80. The maximum atomic E-state index is 6.45. The van der Waals surface area contributed by atoms with E-state index in [2.05, 4.69) is 45.0 Å². The topological polar surface area (TPSA) is 18.5 Å². The van der Waals surface area contributed by atoms with E-state index < -0.39 is 0 Å². The van der Waals surface area contributed by atoms with Crippen molar-refractivity contribution in [2.24, 2.45) is 23.2 Å². The average Bonchev–Trinajstić information content (AvgIpc) is 2.97. The van der Waals surface area contributed by atoms with Gasteiger partial charge in [-0.1, -0.05) is 83.8 Å². The van der Waals surface area contributed by atoms with Gasteiger partial charge in [-0.25, -0.2) is 0 Å². The lowest BCUT2D eigenvalue weighted by Gasteiger charge is -2.55. The highest BCUT2D eigenvalue weighted by Crippen LogP contribution is 2.59. The summed E-state index contributed by atoms with van der Waals surface area (Å²) in [5.74, 6) is 4.46. The Balaban J connectivity index is 1.47. The van der Waals surface area contributed by atoms with Gasteiger partial charge in [0.05, 0.1) is 0 Å². The predicted molar refractivity (Wildman–Crippen MR) is 157 cm³/mol. The van der Waals surface area contributed by atoms with Crippen molar-refractivity contribution in [3.05, 3.63) is 29.8 Å². The predicted octanol–water partition coefficient (Wildman–Crippen LogP) is 10.8. The Kier molecular flexibility index (Phi) is 11.7. The van der Waals surface area contributed by atoms with E-state index in [1.807, 2.05) is 0 Å². The van der Waals surface area contributed by atoms with E-state index in [9.17, 15) is 0 Å². The smallest absolute Gasteiger partial charge is 0.199 e. The molecule has 0 bridgehead atoms. The van der Waals surface area contributed by atoms with E-state index in [0.29, 0.717) is 17.9 Å². The van der Waals surface area contributed by atoms with Crippen LogP contribution in [0.4, 0.5) is 0 Å². The van der Waals surface area contributed by atoms with Crippen molar-refractivity contribution in [3.8, 4) is 5.75 Å². The van der Waals surface area contributed by atoms with Crippen molar-refractivity contribution in [1.29, 1.82) is 0 Å². The number of benzene rings is 1. The second-order valence-electron chi connectivity index (χ2n) is 12.9. The summed E-state index contributed by atoms with van der Waals surface area (Å²) in [6.45, 7) is 7.39. The van der Waals surface area contributed by atoms with E-state index in [-0.39, 0.29) is 6.29 Å². The first kappa shape index (κ1) is 29.0. The highest BCUT2D eigenvalue weighted by atomic mass is 16.7. The van der Waals surface area contributed by atoms with Crippen molar-refractivity contribution in [1.82, 2.24) is 0 Å².